The summed E-state index contributed by atoms with van der Waals surface area (Å²) < 4.78 is 10.9. The normalized spacial score (nSPS) is 16.9. The monoisotopic (exact) mass is 218 g/mol. The largest absolute Gasteiger partial charge is 0.460 e. The number of fused-ring (bicyclic) bond motifs is 1. The first-order chi connectivity index (χ1) is 7.84. The molecule has 84 valence electrons. The maximum Gasteiger partial charge on any atom is 0.175 e. The molecule has 0 aliphatic carbocycles. The van der Waals surface area contributed by atoms with E-state index in [1.165, 1.54) is 0 Å². The molecule has 1 saturated heterocycles. The molecule has 1 aliphatic heterocycles. The van der Waals surface area contributed by atoms with Crippen LogP contribution in [0.5, 0.6) is 0 Å². The highest BCUT2D eigenvalue weighted by Crippen LogP contribution is 2.27. The minimum Gasteiger partial charge on any atom is -0.460 e. The second-order valence-corrected chi connectivity index (χ2v) is 4.02. The first-order valence-electron chi connectivity index (χ1n) is 5.52. The van der Waals surface area contributed by atoms with Crippen LogP contribution in [0.3, 0.4) is 0 Å². The van der Waals surface area contributed by atoms with E-state index in [4.69, 9.17) is 9.15 Å². The van der Waals surface area contributed by atoms with E-state index in [2.05, 4.69) is 16.0 Å². The fraction of sp³-hybridized carbons (Fsp3) is 0.417. The van der Waals surface area contributed by atoms with E-state index in [-0.39, 0.29) is 0 Å². The predicted molar refractivity (Wildman–Crippen MR) is 61.8 cm³/mol. The van der Waals surface area contributed by atoms with Crippen molar-refractivity contribution in [3.8, 4) is 0 Å². The summed E-state index contributed by atoms with van der Waals surface area (Å²) in [6.07, 6.45) is 1.70. The van der Waals surface area contributed by atoms with E-state index in [0.29, 0.717) is 0 Å². The second kappa shape index (κ2) is 3.79. The summed E-state index contributed by atoms with van der Waals surface area (Å²) in [6, 6.07) is 3.99. The molecular weight excluding hydrogens is 204 g/mol. The molecule has 4 nitrogen and oxygen atoms in total. The lowest BCUT2D eigenvalue weighted by Gasteiger charge is -2.28. The smallest absolute Gasteiger partial charge is 0.175 e. The summed E-state index contributed by atoms with van der Waals surface area (Å²) in [6.45, 7) is 5.40. The van der Waals surface area contributed by atoms with Gasteiger partial charge in [-0.25, -0.2) is 4.98 Å². The van der Waals surface area contributed by atoms with Gasteiger partial charge in [0, 0.05) is 24.8 Å². The summed E-state index contributed by atoms with van der Waals surface area (Å²) in [7, 11) is 0. The number of anilines is 1. The summed E-state index contributed by atoms with van der Waals surface area (Å²) in [4.78, 5) is 6.74. The average molecular weight is 218 g/mol. The van der Waals surface area contributed by atoms with E-state index in [1.807, 2.05) is 13.0 Å². The van der Waals surface area contributed by atoms with Gasteiger partial charge >= 0.3 is 0 Å². The van der Waals surface area contributed by atoms with Gasteiger partial charge in [0.1, 0.15) is 5.52 Å². The molecule has 0 bridgehead atoms. The highest BCUT2D eigenvalue weighted by Gasteiger charge is 2.16. The Balaban J connectivity index is 2.09. The number of ether oxygens (including phenoxy) is 1. The minimum absolute atomic E-state index is 0.781. The third-order valence-corrected chi connectivity index (χ3v) is 2.87. The summed E-state index contributed by atoms with van der Waals surface area (Å²) in [5, 5.41) is 0. The molecule has 0 saturated carbocycles. The summed E-state index contributed by atoms with van der Waals surface area (Å²) in [5.41, 5.74) is 3.97. The molecule has 4 heteroatoms. The van der Waals surface area contributed by atoms with Crippen molar-refractivity contribution in [2.24, 2.45) is 0 Å². The lowest BCUT2D eigenvalue weighted by Crippen LogP contribution is -2.36. The van der Waals surface area contributed by atoms with Crippen LogP contribution in [0, 0.1) is 6.92 Å². The molecular formula is C12H14N2O2. The molecule has 1 aliphatic rings. The molecule has 0 atom stereocenters. The van der Waals surface area contributed by atoms with Crippen LogP contribution < -0.4 is 4.90 Å². The van der Waals surface area contributed by atoms with Crippen LogP contribution in [-0.4, -0.2) is 31.3 Å². The van der Waals surface area contributed by atoms with E-state index < -0.39 is 0 Å². The topological polar surface area (TPSA) is 38.5 Å². The minimum atomic E-state index is 0.781. The Kier molecular flexibility index (Phi) is 2.29. The molecule has 1 fully saturated rings. The molecule has 0 aromatic carbocycles. The van der Waals surface area contributed by atoms with E-state index >= 15 is 0 Å². The number of aryl methyl sites for hydroxylation is 1. The van der Waals surface area contributed by atoms with Crippen LogP contribution >= 0.6 is 0 Å². The molecule has 2 aromatic rings. The highest BCUT2D eigenvalue weighted by atomic mass is 16.5. The van der Waals surface area contributed by atoms with Crippen molar-refractivity contribution in [1.82, 2.24) is 4.98 Å². The molecule has 0 N–H and O–H groups in total. The van der Waals surface area contributed by atoms with Gasteiger partial charge in [0.05, 0.1) is 25.2 Å². The van der Waals surface area contributed by atoms with Crippen molar-refractivity contribution in [2.75, 3.05) is 31.2 Å². The number of nitrogens with zero attached hydrogens (tertiary/aromatic N) is 2. The zero-order valence-corrected chi connectivity index (χ0v) is 9.27. The maximum atomic E-state index is 5.51. The van der Waals surface area contributed by atoms with Crippen molar-refractivity contribution in [3.63, 3.8) is 0 Å². The number of rotatable bonds is 1. The molecule has 3 rings (SSSR count). The SMILES string of the molecule is Cc1cc(N2CCOCC2)c2occc2n1. The van der Waals surface area contributed by atoms with Gasteiger partial charge in [-0.1, -0.05) is 0 Å². The van der Waals surface area contributed by atoms with Crippen LogP contribution in [0.25, 0.3) is 11.1 Å². The zero-order chi connectivity index (χ0) is 11.0. The van der Waals surface area contributed by atoms with E-state index in [1.54, 1.807) is 6.26 Å². The number of hydrogen-bond acceptors (Lipinski definition) is 4. The quantitative estimate of drug-likeness (QED) is 0.733. The van der Waals surface area contributed by atoms with Crippen molar-refractivity contribution in [3.05, 3.63) is 24.1 Å². The van der Waals surface area contributed by atoms with E-state index in [0.717, 1.165) is 48.8 Å². The molecule has 2 aromatic heterocycles. The third-order valence-electron chi connectivity index (χ3n) is 2.87. The first-order valence-corrected chi connectivity index (χ1v) is 5.52. The van der Waals surface area contributed by atoms with Gasteiger partial charge in [0.25, 0.3) is 0 Å². The van der Waals surface area contributed by atoms with Crippen molar-refractivity contribution in [1.29, 1.82) is 0 Å². The van der Waals surface area contributed by atoms with Gasteiger partial charge in [-0.2, -0.15) is 0 Å². The van der Waals surface area contributed by atoms with Crippen molar-refractivity contribution in [2.45, 2.75) is 6.92 Å². The molecule has 0 amide bonds. The van der Waals surface area contributed by atoms with E-state index in [9.17, 15) is 0 Å². The second-order valence-electron chi connectivity index (χ2n) is 4.02. The fourth-order valence-electron chi connectivity index (χ4n) is 2.11. The molecule has 0 unspecified atom stereocenters. The lowest BCUT2D eigenvalue weighted by atomic mass is 10.2. The van der Waals surface area contributed by atoms with Gasteiger partial charge in [-0.05, 0) is 13.0 Å². The zero-order valence-electron chi connectivity index (χ0n) is 9.27. The Labute approximate surface area is 93.8 Å². The standard InChI is InChI=1S/C12H14N2O2/c1-9-8-11(14-3-6-15-7-4-14)12-10(13-9)2-5-16-12/h2,5,8H,3-4,6-7H2,1H3. The molecule has 3 heterocycles. The Morgan fingerprint density at radius 1 is 1.31 bits per heavy atom. The van der Waals surface area contributed by atoms with Gasteiger partial charge in [-0.3, -0.25) is 0 Å². The molecule has 16 heavy (non-hydrogen) atoms. The highest BCUT2D eigenvalue weighted by molar-refractivity contribution is 5.86. The van der Waals surface area contributed by atoms with Crippen LogP contribution in [0.4, 0.5) is 5.69 Å². The van der Waals surface area contributed by atoms with Crippen LogP contribution in [0.15, 0.2) is 22.8 Å². The van der Waals surface area contributed by atoms with Gasteiger partial charge in [0.15, 0.2) is 5.58 Å². The van der Waals surface area contributed by atoms with Crippen molar-refractivity contribution < 1.29 is 9.15 Å². The number of morpholine rings is 1. The number of hydrogen-bond donors (Lipinski definition) is 0. The lowest BCUT2D eigenvalue weighted by molar-refractivity contribution is 0.122. The number of furan rings is 1. The first kappa shape index (κ1) is 9.66. The Morgan fingerprint density at radius 2 is 2.12 bits per heavy atom. The van der Waals surface area contributed by atoms with Crippen molar-refractivity contribution >= 4 is 16.8 Å². The summed E-state index contributed by atoms with van der Waals surface area (Å²) >= 11 is 0. The Hall–Kier alpha value is -1.55. The summed E-state index contributed by atoms with van der Waals surface area (Å²) in [5.74, 6) is 0. The van der Waals surface area contributed by atoms with Gasteiger partial charge in [-0.15, -0.1) is 0 Å². The number of pyridine rings is 1. The molecule has 0 radical (unpaired) electrons. The number of aromatic nitrogens is 1. The van der Waals surface area contributed by atoms with Gasteiger partial charge in [0.2, 0.25) is 0 Å². The van der Waals surface area contributed by atoms with Crippen LogP contribution in [0.1, 0.15) is 5.69 Å². The van der Waals surface area contributed by atoms with Gasteiger partial charge < -0.3 is 14.1 Å². The Morgan fingerprint density at radius 3 is 2.94 bits per heavy atom. The predicted octanol–water partition coefficient (Wildman–Crippen LogP) is 1.97. The van der Waals surface area contributed by atoms with Crippen LogP contribution in [-0.2, 0) is 4.74 Å². The Bertz CT molecular complexity index is 501. The fourth-order valence-corrected chi connectivity index (χ4v) is 2.11. The third kappa shape index (κ3) is 1.55. The maximum absolute atomic E-state index is 5.51. The average Bonchev–Trinajstić information content (AvgIpc) is 2.77. The van der Waals surface area contributed by atoms with Crippen LogP contribution in [0.2, 0.25) is 0 Å². The molecule has 0 spiro atoms.